The van der Waals surface area contributed by atoms with E-state index in [0.29, 0.717) is 11.3 Å². The molecule has 18 heavy (non-hydrogen) atoms. The lowest BCUT2D eigenvalue weighted by Gasteiger charge is -2.09. The molecule has 1 aliphatic heterocycles. The van der Waals surface area contributed by atoms with Gasteiger partial charge in [-0.25, -0.2) is 0 Å². The Morgan fingerprint density at radius 2 is 2.22 bits per heavy atom. The van der Waals surface area contributed by atoms with Crippen molar-refractivity contribution in [2.75, 3.05) is 5.75 Å². The van der Waals surface area contributed by atoms with Gasteiger partial charge in [-0.1, -0.05) is 12.1 Å². The quantitative estimate of drug-likeness (QED) is 0.806. The Morgan fingerprint density at radius 3 is 3.00 bits per heavy atom. The smallest absolute Gasteiger partial charge is 0.288 e. The third-order valence-corrected chi connectivity index (χ3v) is 3.99. The van der Waals surface area contributed by atoms with Gasteiger partial charge in [0, 0.05) is 11.1 Å². The van der Waals surface area contributed by atoms with Crippen LogP contribution in [0.4, 0.5) is 0 Å². The summed E-state index contributed by atoms with van der Waals surface area (Å²) in [5, 5.41) is 3.45. The molecule has 1 aromatic carbocycles. The highest BCUT2D eigenvalue weighted by Crippen LogP contribution is 2.35. The first-order chi connectivity index (χ1) is 8.66. The van der Waals surface area contributed by atoms with Crippen LogP contribution in [0.3, 0.4) is 0 Å². The number of hydrogen-bond acceptors (Lipinski definition) is 4. The molecule has 0 fully saturated rings. The van der Waals surface area contributed by atoms with E-state index in [9.17, 15) is 9.59 Å². The van der Waals surface area contributed by atoms with E-state index in [0.717, 1.165) is 10.3 Å². The fraction of sp³-hybridized carbons (Fsp3) is 0.167. The molecule has 92 valence electrons. The first-order valence-electron chi connectivity index (χ1n) is 5.41. The van der Waals surface area contributed by atoms with E-state index in [4.69, 9.17) is 10.2 Å². The van der Waals surface area contributed by atoms with Gasteiger partial charge in [-0.05, 0) is 12.1 Å². The van der Waals surface area contributed by atoms with Crippen LogP contribution >= 0.6 is 11.8 Å². The zero-order chi connectivity index (χ0) is 12.7. The van der Waals surface area contributed by atoms with E-state index in [2.05, 4.69) is 5.32 Å². The number of hydrogen-bond donors (Lipinski definition) is 2. The Hall–Kier alpha value is -1.95. The molecule has 0 saturated heterocycles. The normalized spacial score (nSPS) is 19.1. The molecule has 1 aromatic heterocycles. The molecule has 3 rings (SSSR count). The molecule has 6 heteroatoms. The number of primary amides is 1. The number of para-hydroxylation sites is 1. The molecule has 0 radical (unpaired) electrons. The summed E-state index contributed by atoms with van der Waals surface area (Å²) in [6, 6.07) is 6.77. The van der Waals surface area contributed by atoms with Crippen molar-refractivity contribution in [1.82, 2.24) is 5.32 Å². The van der Waals surface area contributed by atoms with Crippen LogP contribution in [0.5, 0.6) is 0 Å². The molecule has 3 N–H and O–H groups in total. The average molecular weight is 262 g/mol. The van der Waals surface area contributed by atoms with Crippen molar-refractivity contribution in [1.29, 1.82) is 0 Å². The van der Waals surface area contributed by atoms with Crippen molar-refractivity contribution in [3.8, 4) is 0 Å². The van der Waals surface area contributed by atoms with Gasteiger partial charge >= 0.3 is 0 Å². The van der Waals surface area contributed by atoms with Crippen LogP contribution < -0.4 is 11.1 Å². The zero-order valence-corrected chi connectivity index (χ0v) is 10.1. The summed E-state index contributed by atoms with van der Waals surface area (Å²) in [6.07, 6.45) is 0. The summed E-state index contributed by atoms with van der Waals surface area (Å²) in [5.74, 6) is -0.261. The number of fused-ring (bicyclic) bond motifs is 3. The van der Waals surface area contributed by atoms with Crippen LogP contribution in [-0.4, -0.2) is 23.6 Å². The second-order valence-electron chi connectivity index (χ2n) is 4.00. The number of benzene rings is 1. The molecular formula is C12H10N2O3S. The number of furan rings is 1. The van der Waals surface area contributed by atoms with E-state index in [1.807, 2.05) is 24.3 Å². The fourth-order valence-electron chi connectivity index (χ4n) is 1.90. The van der Waals surface area contributed by atoms with E-state index in [1.165, 1.54) is 11.8 Å². The van der Waals surface area contributed by atoms with Crippen molar-refractivity contribution in [2.24, 2.45) is 5.73 Å². The largest absolute Gasteiger partial charge is 0.450 e. The van der Waals surface area contributed by atoms with Gasteiger partial charge in [-0.3, -0.25) is 9.59 Å². The predicted molar refractivity (Wildman–Crippen MR) is 67.4 cm³/mol. The average Bonchev–Trinajstić information content (AvgIpc) is 2.64. The Kier molecular flexibility index (Phi) is 2.52. The minimum Gasteiger partial charge on any atom is -0.450 e. The van der Waals surface area contributed by atoms with E-state index in [1.54, 1.807) is 0 Å². The lowest BCUT2D eigenvalue weighted by Crippen LogP contribution is -2.45. The molecule has 2 amide bonds. The summed E-state index contributed by atoms with van der Waals surface area (Å²) in [7, 11) is 0. The van der Waals surface area contributed by atoms with E-state index in [-0.39, 0.29) is 5.76 Å². The molecule has 1 unspecified atom stereocenters. The van der Waals surface area contributed by atoms with Gasteiger partial charge in [-0.2, -0.15) is 0 Å². The van der Waals surface area contributed by atoms with Gasteiger partial charge in [0.25, 0.3) is 5.91 Å². The van der Waals surface area contributed by atoms with Gasteiger partial charge in [0.15, 0.2) is 0 Å². The predicted octanol–water partition coefficient (Wildman–Crippen LogP) is 1.12. The summed E-state index contributed by atoms with van der Waals surface area (Å²) in [5.41, 5.74) is 5.89. The van der Waals surface area contributed by atoms with Crippen molar-refractivity contribution in [3.05, 3.63) is 30.0 Å². The number of rotatable bonds is 1. The van der Waals surface area contributed by atoms with Crippen LogP contribution in [0.25, 0.3) is 11.0 Å². The molecule has 2 heterocycles. The Bertz CT molecular complexity index is 650. The highest BCUT2D eigenvalue weighted by atomic mass is 32.2. The molecule has 0 bridgehead atoms. The third kappa shape index (κ3) is 1.65. The van der Waals surface area contributed by atoms with Crippen LogP contribution in [0.1, 0.15) is 10.6 Å². The Balaban J connectivity index is 2.10. The molecular weight excluding hydrogens is 252 g/mol. The highest BCUT2D eigenvalue weighted by Gasteiger charge is 2.29. The number of carbonyl (C=O) groups excluding carboxylic acids is 2. The maximum atomic E-state index is 12.0. The summed E-state index contributed by atoms with van der Waals surface area (Å²) >= 11 is 1.41. The molecule has 0 spiro atoms. The minimum absolute atomic E-state index is 0.255. The number of carbonyl (C=O) groups is 2. The lowest BCUT2D eigenvalue weighted by molar-refractivity contribution is -0.119. The van der Waals surface area contributed by atoms with Crippen molar-refractivity contribution >= 4 is 34.5 Å². The molecule has 0 saturated carbocycles. The maximum Gasteiger partial charge on any atom is 0.288 e. The summed E-state index contributed by atoms with van der Waals surface area (Å²) in [6.45, 7) is 0. The third-order valence-electron chi connectivity index (χ3n) is 2.80. The number of nitrogens with two attached hydrogens (primary N) is 1. The summed E-state index contributed by atoms with van der Waals surface area (Å²) in [4.78, 5) is 23.9. The second kappa shape index (κ2) is 4.06. The second-order valence-corrected chi connectivity index (χ2v) is 5.03. The number of nitrogens with one attached hydrogen (secondary N) is 1. The van der Waals surface area contributed by atoms with Crippen LogP contribution in [-0.2, 0) is 4.79 Å². The van der Waals surface area contributed by atoms with Gasteiger partial charge in [0.1, 0.15) is 11.6 Å². The lowest BCUT2D eigenvalue weighted by atomic mass is 10.2. The van der Waals surface area contributed by atoms with Gasteiger partial charge in [0.2, 0.25) is 11.7 Å². The van der Waals surface area contributed by atoms with Crippen molar-refractivity contribution < 1.29 is 14.0 Å². The molecule has 5 nitrogen and oxygen atoms in total. The first kappa shape index (κ1) is 11.2. The minimum atomic E-state index is -0.663. The fourth-order valence-corrected chi connectivity index (χ4v) is 3.07. The molecule has 1 aliphatic rings. The summed E-state index contributed by atoms with van der Waals surface area (Å²) < 4.78 is 5.53. The van der Waals surface area contributed by atoms with Crippen LogP contribution in [0.2, 0.25) is 0 Å². The van der Waals surface area contributed by atoms with E-state index < -0.39 is 17.9 Å². The monoisotopic (exact) mass is 262 g/mol. The van der Waals surface area contributed by atoms with Gasteiger partial charge < -0.3 is 15.5 Å². The topological polar surface area (TPSA) is 85.3 Å². The number of thioether (sulfide) groups is 1. The zero-order valence-electron chi connectivity index (χ0n) is 9.30. The van der Waals surface area contributed by atoms with E-state index >= 15 is 0 Å². The van der Waals surface area contributed by atoms with Crippen LogP contribution in [0, 0.1) is 0 Å². The van der Waals surface area contributed by atoms with Gasteiger partial charge in [-0.15, -0.1) is 11.8 Å². The number of amides is 2. The van der Waals surface area contributed by atoms with Crippen LogP contribution in [0.15, 0.2) is 33.6 Å². The Morgan fingerprint density at radius 1 is 1.44 bits per heavy atom. The van der Waals surface area contributed by atoms with Crippen molar-refractivity contribution in [2.45, 2.75) is 10.9 Å². The Labute approximate surface area is 107 Å². The molecule has 1 atom stereocenters. The highest BCUT2D eigenvalue weighted by molar-refractivity contribution is 7.99. The van der Waals surface area contributed by atoms with Gasteiger partial charge in [0.05, 0.1) is 4.90 Å². The molecule has 0 aliphatic carbocycles. The maximum absolute atomic E-state index is 12.0. The van der Waals surface area contributed by atoms with Crippen molar-refractivity contribution in [3.63, 3.8) is 0 Å². The first-order valence-corrected chi connectivity index (χ1v) is 6.40. The standard InChI is InChI=1S/C12H10N2O3S/c13-11(15)7-5-18-10-6-3-1-2-4-8(6)17-9(10)12(16)14-7/h1-4,7H,5H2,(H2,13,15)(H,14,16). The molecule has 2 aromatic rings. The SMILES string of the molecule is NC(=O)C1CSc2c(oc3ccccc23)C(=O)N1.